The zero-order valence-corrected chi connectivity index (χ0v) is 14.3. The summed E-state index contributed by atoms with van der Waals surface area (Å²) in [4.78, 5) is 12.0. The molecule has 2 rings (SSSR count). The lowest BCUT2D eigenvalue weighted by atomic mass is 9.93. The van der Waals surface area contributed by atoms with Crippen molar-refractivity contribution in [3.8, 4) is 0 Å². The van der Waals surface area contributed by atoms with E-state index in [4.69, 9.17) is 17.3 Å². The smallest absolute Gasteiger partial charge is 0.243 e. The van der Waals surface area contributed by atoms with Crippen LogP contribution in [-0.2, 0) is 20.4 Å². The van der Waals surface area contributed by atoms with Crippen molar-refractivity contribution in [2.24, 2.45) is 5.73 Å². The Balaban J connectivity index is 2.53. The number of carbonyl (C=O) groups excluding carboxylic acids is 1. The number of rotatable bonds is 5. The van der Waals surface area contributed by atoms with Crippen molar-refractivity contribution < 1.29 is 13.2 Å². The van der Waals surface area contributed by atoms with E-state index < -0.39 is 21.5 Å². The Hall–Kier alpha value is -1.89. The molecule has 1 atom stereocenters. The van der Waals surface area contributed by atoms with Gasteiger partial charge in [0.2, 0.25) is 15.9 Å². The van der Waals surface area contributed by atoms with Gasteiger partial charge in [-0.05, 0) is 37.1 Å². The lowest BCUT2D eigenvalue weighted by molar-refractivity contribution is -0.123. The minimum Gasteiger partial charge on any atom is -0.368 e. The number of primary amides is 1. The van der Waals surface area contributed by atoms with Crippen molar-refractivity contribution >= 4 is 27.5 Å². The normalized spacial score (nSPS) is 14.2. The second-order valence-corrected chi connectivity index (χ2v) is 7.38. The molecular formula is C16H17ClN2O3S. The Labute approximate surface area is 140 Å². The summed E-state index contributed by atoms with van der Waals surface area (Å²) in [5.74, 6) is -0.799. The fourth-order valence-corrected chi connectivity index (χ4v) is 4.09. The van der Waals surface area contributed by atoms with Crippen molar-refractivity contribution in [3.63, 3.8) is 0 Å². The first kappa shape index (κ1) is 17.5. The molecule has 2 aromatic carbocycles. The van der Waals surface area contributed by atoms with Crippen molar-refractivity contribution in [2.75, 3.05) is 0 Å². The van der Waals surface area contributed by atoms with Crippen molar-refractivity contribution in [3.05, 3.63) is 64.7 Å². The van der Waals surface area contributed by atoms with Crippen LogP contribution in [0.2, 0.25) is 5.02 Å². The van der Waals surface area contributed by atoms with Crippen LogP contribution in [0.4, 0.5) is 0 Å². The molecule has 5 nitrogen and oxygen atoms in total. The lowest BCUT2D eigenvalue weighted by Crippen LogP contribution is -2.52. The Morgan fingerprint density at radius 3 is 2.30 bits per heavy atom. The molecule has 1 amide bonds. The van der Waals surface area contributed by atoms with Crippen LogP contribution in [0, 0.1) is 6.92 Å². The number of benzene rings is 2. The molecule has 0 aliphatic heterocycles. The number of amides is 1. The van der Waals surface area contributed by atoms with Crippen LogP contribution >= 0.6 is 11.6 Å². The largest absolute Gasteiger partial charge is 0.368 e. The molecule has 0 heterocycles. The zero-order valence-electron chi connectivity index (χ0n) is 12.7. The van der Waals surface area contributed by atoms with Crippen molar-refractivity contribution in [1.82, 2.24) is 4.72 Å². The highest BCUT2D eigenvalue weighted by molar-refractivity contribution is 7.89. The van der Waals surface area contributed by atoms with Crippen LogP contribution in [0.1, 0.15) is 18.1 Å². The molecule has 122 valence electrons. The van der Waals surface area contributed by atoms with Gasteiger partial charge in [0.15, 0.2) is 0 Å². The van der Waals surface area contributed by atoms with Gasteiger partial charge in [0, 0.05) is 5.02 Å². The summed E-state index contributed by atoms with van der Waals surface area (Å²) < 4.78 is 27.9. The monoisotopic (exact) mass is 352 g/mol. The number of hydrogen-bond donors (Lipinski definition) is 2. The molecule has 0 aromatic heterocycles. The Bertz CT molecular complexity index is 838. The van der Waals surface area contributed by atoms with Gasteiger partial charge in [-0.25, -0.2) is 8.42 Å². The van der Waals surface area contributed by atoms with Gasteiger partial charge in [0.25, 0.3) is 0 Å². The highest BCUT2D eigenvalue weighted by Gasteiger charge is 2.38. The van der Waals surface area contributed by atoms with Gasteiger partial charge in [-0.3, -0.25) is 4.79 Å². The summed E-state index contributed by atoms with van der Waals surface area (Å²) >= 11 is 5.99. The van der Waals surface area contributed by atoms with E-state index in [2.05, 4.69) is 4.72 Å². The summed E-state index contributed by atoms with van der Waals surface area (Å²) in [6, 6.07) is 13.0. The predicted octanol–water partition coefficient (Wildman–Crippen LogP) is 2.33. The van der Waals surface area contributed by atoms with Crippen LogP contribution < -0.4 is 10.5 Å². The molecule has 23 heavy (non-hydrogen) atoms. The van der Waals surface area contributed by atoms with Crippen LogP contribution in [0.3, 0.4) is 0 Å². The third-order valence-electron chi connectivity index (χ3n) is 3.69. The predicted molar refractivity (Wildman–Crippen MR) is 89.5 cm³/mol. The third-order valence-corrected chi connectivity index (χ3v) is 5.80. The summed E-state index contributed by atoms with van der Waals surface area (Å²) in [5, 5.41) is 0.327. The molecule has 0 bridgehead atoms. The average molecular weight is 353 g/mol. The molecule has 3 N–H and O–H groups in total. The van der Waals surface area contributed by atoms with E-state index in [1.54, 1.807) is 43.3 Å². The second-order valence-electron chi connectivity index (χ2n) is 5.32. The zero-order chi connectivity index (χ0) is 17.3. The molecule has 2 aromatic rings. The van der Waals surface area contributed by atoms with Gasteiger partial charge >= 0.3 is 0 Å². The highest BCUT2D eigenvalue weighted by atomic mass is 35.5. The van der Waals surface area contributed by atoms with Gasteiger partial charge < -0.3 is 5.73 Å². The number of carbonyl (C=O) groups is 1. The van der Waals surface area contributed by atoms with Gasteiger partial charge in [-0.15, -0.1) is 0 Å². The van der Waals surface area contributed by atoms with Crippen molar-refractivity contribution in [2.45, 2.75) is 24.3 Å². The summed E-state index contributed by atoms with van der Waals surface area (Å²) in [5.41, 5.74) is 4.75. The lowest BCUT2D eigenvalue weighted by Gasteiger charge is -2.28. The molecule has 0 saturated carbocycles. The molecule has 0 unspecified atom stereocenters. The van der Waals surface area contributed by atoms with E-state index in [1.807, 2.05) is 0 Å². The van der Waals surface area contributed by atoms with E-state index in [0.717, 1.165) is 0 Å². The molecule has 0 aliphatic rings. The van der Waals surface area contributed by atoms with Gasteiger partial charge in [0.1, 0.15) is 5.54 Å². The average Bonchev–Trinajstić information content (AvgIpc) is 2.50. The molecule has 0 aliphatic carbocycles. The summed E-state index contributed by atoms with van der Waals surface area (Å²) in [7, 11) is -4.00. The Morgan fingerprint density at radius 2 is 1.74 bits per heavy atom. The van der Waals surface area contributed by atoms with E-state index in [0.29, 0.717) is 16.1 Å². The Morgan fingerprint density at radius 1 is 1.13 bits per heavy atom. The third kappa shape index (κ3) is 3.39. The number of sulfonamides is 1. The maximum Gasteiger partial charge on any atom is 0.243 e. The molecule has 0 saturated heterocycles. The Kier molecular flexibility index (Phi) is 4.79. The highest BCUT2D eigenvalue weighted by Crippen LogP contribution is 2.27. The topological polar surface area (TPSA) is 89.3 Å². The SMILES string of the molecule is Cc1c(Cl)cccc1S(=O)(=O)N[C@](C)(C(N)=O)c1ccccc1. The number of halogens is 1. The van der Waals surface area contributed by atoms with Gasteiger partial charge in [-0.2, -0.15) is 4.72 Å². The fourth-order valence-electron chi connectivity index (χ4n) is 2.23. The van der Waals surface area contributed by atoms with E-state index in [9.17, 15) is 13.2 Å². The van der Waals surface area contributed by atoms with E-state index >= 15 is 0 Å². The number of hydrogen-bond acceptors (Lipinski definition) is 3. The maximum atomic E-state index is 12.7. The fraction of sp³-hybridized carbons (Fsp3) is 0.188. The first-order chi connectivity index (χ1) is 10.7. The van der Waals surface area contributed by atoms with Crippen molar-refractivity contribution in [1.29, 1.82) is 0 Å². The van der Waals surface area contributed by atoms with Gasteiger partial charge in [-0.1, -0.05) is 48.0 Å². The van der Waals surface area contributed by atoms with E-state index in [1.165, 1.54) is 19.1 Å². The van der Waals surface area contributed by atoms with Crippen LogP contribution in [0.25, 0.3) is 0 Å². The minimum atomic E-state index is -4.00. The standard InChI is InChI=1S/C16H17ClN2O3S/c1-11-13(17)9-6-10-14(11)23(21,22)19-16(2,15(18)20)12-7-4-3-5-8-12/h3-10,19H,1-2H3,(H2,18,20)/t16-/m0/s1. The summed E-state index contributed by atoms with van der Waals surface area (Å²) in [6.07, 6.45) is 0. The molecule has 0 fully saturated rings. The van der Waals surface area contributed by atoms with Crippen LogP contribution in [-0.4, -0.2) is 14.3 Å². The second kappa shape index (κ2) is 6.31. The van der Waals surface area contributed by atoms with Gasteiger partial charge in [0.05, 0.1) is 4.90 Å². The van der Waals surface area contributed by atoms with Crippen LogP contribution in [0.5, 0.6) is 0 Å². The molecule has 0 radical (unpaired) electrons. The first-order valence-corrected chi connectivity index (χ1v) is 8.69. The quantitative estimate of drug-likeness (QED) is 0.865. The number of nitrogens with two attached hydrogens (primary N) is 1. The maximum absolute atomic E-state index is 12.7. The molecule has 7 heteroatoms. The minimum absolute atomic E-state index is 0.00778. The summed E-state index contributed by atoms with van der Waals surface area (Å²) in [6.45, 7) is 3.03. The number of nitrogens with one attached hydrogen (secondary N) is 1. The molecule has 0 spiro atoms. The first-order valence-electron chi connectivity index (χ1n) is 6.83. The van der Waals surface area contributed by atoms with Crippen LogP contribution in [0.15, 0.2) is 53.4 Å². The van der Waals surface area contributed by atoms with E-state index in [-0.39, 0.29) is 4.90 Å². The molecular weight excluding hydrogens is 336 g/mol.